The zero-order valence-electron chi connectivity index (χ0n) is 10.5. The molecule has 1 aliphatic carbocycles. The molecule has 19 heavy (non-hydrogen) atoms. The van der Waals surface area contributed by atoms with Gasteiger partial charge in [0.1, 0.15) is 16.5 Å². The van der Waals surface area contributed by atoms with Crippen LogP contribution in [0.2, 0.25) is 0 Å². The fourth-order valence-corrected chi connectivity index (χ4v) is 3.83. The molecule has 1 aromatic rings. The fraction of sp³-hybridized carbons (Fsp3) is 0.500. The van der Waals surface area contributed by atoms with E-state index in [2.05, 4.69) is 4.72 Å². The molecule has 106 valence electrons. The van der Waals surface area contributed by atoms with Crippen LogP contribution in [0.5, 0.6) is 0 Å². The minimum absolute atomic E-state index is 0.141. The Morgan fingerprint density at radius 2 is 2.00 bits per heavy atom. The van der Waals surface area contributed by atoms with E-state index in [-0.39, 0.29) is 11.4 Å². The molecular weight excluding hydrogens is 296 g/mol. The fourth-order valence-electron chi connectivity index (χ4n) is 2.01. The van der Waals surface area contributed by atoms with E-state index in [1.807, 2.05) is 13.8 Å². The average Bonchev–Trinajstić information content (AvgIpc) is 2.31. The van der Waals surface area contributed by atoms with E-state index in [9.17, 15) is 17.2 Å². The molecule has 3 nitrogen and oxygen atoms in total. The highest BCUT2D eigenvalue weighted by atomic mass is 35.5. The minimum Gasteiger partial charge on any atom is -0.207 e. The third-order valence-electron chi connectivity index (χ3n) is 3.63. The van der Waals surface area contributed by atoms with Crippen LogP contribution in [-0.4, -0.2) is 19.8 Å². The van der Waals surface area contributed by atoms with Gasteiger partial charge in [0.2, 0.25) is 10.0 Å². The molecule has 2 unspecified atom stereocenters. The molecule has 1 fully saturated rings. The maximum Gasteiger partial charge on any atom is 0.243 e. The van der Waals surface area contributed by atoms with E-state index in [4.69, 9.17) is 11.6 Å². The van der Waals surface area contributed by atoms with Crippen molar-refractivity contribution in [1.29, 1.82) is 0 Å². The van der Waals surface area contributed by atoms with Crippen LogP contribution in [0.25, 0.3) is 0 Å². The van der Waals surface area contributed by atoms with Crippen LogP contribution in [-0.2, 0) is 10.0 Å². The number of hydrogen-bond donors (Lipinski definition) is 1. The molecule has 0 amide bonds. The second-order valence-electron chi connectivity index (χ2n) is 5.27. The van der Waals surface area contributed by atoms with Gasteiger partial charge in [-0.25, -0.2) is 21.9 Å². The van der Waals surface area contributed by atoms with Crippen LogP contribution in [0.3, 0.4) is 0 Å². The van der Waals surface area contributed by atoms with Gasteiger partial charge in [-0.2, -0.15) is 0 Å². The van der Waals surface area contributed by atoms with Crippen LogP contribution >= 0.6 is 11.6 Å². The Morgan fingerprint density at radius 1 is 1.37 bits per heavy atom. The summed E-state index contributed by atoms with van der Waals surface area (Å²) in [6, 6.07) is 1.95. The lowest BCUT2D eigenvalue weighted by Gasteiger charge is -2.48. The van der Waals surface area contributed by atoms with E-state index < -0.39 is 32.0 Å². The Bertz CT molecular complexity index is 604. The SMILES string of the molecule is CC1(C)C(Cl)CC1NS(=O)(=O)c1cc(F)ccc1F. The number of rotatable bonds is 3. The van der Waals surface area contributed by atoms with Crippen molar-refractivity contribution in [3.63, 3.8) is 0 Å². The van der Waals surface area contributed by atoms with Gasteiger partial charge < -0.3 is 0 Å². The molecule has 0 radical (unpaired) electrons. The molecule has 1 saturated carbocycles. The molecule has 2 atom stereocenters. The van der Waals surface area contributed by atoms with Gasteiger partial charge in [-0.3, -0.25) is 0 Å². The first-order chi connectivity index (χ1) is 8.64. The van der Waals surface area contributed by atoms with Crippen LogP contribution < -0.4 is 4.72 Å². The second-order valence-corrected chi connectivity index (χ2v) is 7.48. The molecule has 7 heteroatoms. The lowest BCUT2D eigenvalue weighted by atomic mass is 9.67. The number of nitrogens with one attached hydrogen (secondary N) is 1. The van der Waals surface area contributed by atoms with Crippen molar-refractivity contribution >= 4 is 21.6 Å². The van der Waals surface area contributed by atoms with Gasteiger partial charge >= 0.3 is 0 Å². The lowest BCUT2D eigenvalue weighted by Crippen LogP contribution is -2.59. The number of halogens is 3. The quantitative estimate of drug-likeness (QED) is 0.873. The normalized spacial score (nSPS) is 25.9. The Morgan fingerprint density at radius 3 is 2.53 bits per heavy atom. The molecule has 1 aromatic carbocycles. The number of hydrogen-bond acceptors (Lipinski definition) is 2. The minimum atomic E-state index is -4.09. The van der Waals surface area contributed by atoms with Gasteiger partial charge in [0.15, 0.2) is 0 Å². The largest absolute Gasteiger partial charge is 0.243 e. The van der Waals surface area contributed by atoms with Crippen LogP contribution in [0, 0.1) is 17.0 Å². The molecule has 0 aromatic heterocycles. The zero-order chi connectivity index (χ0) is 14.4. The van der Waals surface area contributed by atoms with E-state index >= 15 is 0 Å². The Balaban J connectivity index is 2.27. The van der Waals surface area contributed by atoms with E-state index in [0.29, 0.717) is 12.5 Å². The molecule has 0 heterocycles. The summed E-state index contributed by atoms with van der Waals surface area (Å²) in [5.74, 6) is -1.78. The summed E-state index contributed by atoms with van der Waals surface area (Å²) in [5, 5.41) is -0.141. The summed E-state index contributed by atoms with van der Waals surface area (Å²) in [6.45, 7) is 3.65. The van der Waals surface area contributed by atoms with Gasteiger partial charge in [-0.05, 0) is 30.0 Å². The van der Waals surface area contributed by atoms with Crippen LogP contribution in [0.4, 0.5) is 8.78 Å². The van der Waals surface area contributed by atoms with Crippen molar-refractivity contribution in [3.8, 4) is 0 Å². The Kier molecular flexibility index (Phi) is 3.62. The molecule has 1 N–H and O–H groups in total. The summed E-state index contributed by atoms with van der Waals surface area (Å²) < 4.78 is 53.0. The maximum absolute atomic E-state index is 13.5. The van der Waals surface area contributed by atoms with Crippen molar-refractivity contribution in [2.75, 3.05) is 0 Å². The predicted molar refractivity (Wildman–Crippen MR) is 68.5 cm³/mol. The summed E-state index contributed by atoms with van der Waals surface area (Å²) >= 11 is 6.00. The second kappa shape index (κ2) is 4.68. The van der Waals surface area contributed by atoms with Gasteiger partial charge in [-0.15, -0.1) is 11.6 Å². The van der Waals surface area contributed by atoms with Crippen LogP contribution in [0.15, 0.2) is 23.1 Å². The molecular formula is C12H14ClF2NO2S. The third-order valence-corrected chi connectivity index (χ3v) is 5.86. The topological polar surface area (TPSA) is 46.2 Å². The highest BCUT2D eigenvalue weighted by Crippen LogP contribution is 2.44. The third kappa shape index (κ3) is 2.61. The van der Waals surface area contributed by atoms with Crippen molar-refractivity contribution in [1.82, 2.24) is 4.72 Å². The molecule has 0 bridgehead atoms. The van der Waals surface area contributed by atoms with Gasteiger partial charge in [0.25, 0.3) is 0 Å². The highest BCUT2D eigenvalue weighted by molar-refractivity contribution is 7.89. The number of sulfonamides is 1. The Labute approximate surface area is 116 Å². The molecule has 0 saturated heterocycles. The van der Waals surface area contributed by atoms with Crippen molar-refractivity contribution in [2.24, 2.45) is 5.41 Å². The van der Waals surface area contributed by atoms with Crippen molar-refractivity contribution < 1.29 is 17.2 Å². The first-order valence-corrected chi connectivity index (χ1v) is 7.68. The lowest BCUT2D eigenvalue weighted by molar-refractivity contribution is 0.137. The van der Waals surface area contributed by atoms with Gasteiger partial charge in [0.05, 0.1) is 0 Å². The summed E-state index contributed by atoms with van der Waals surface area (Å²) in [6.07, 6.45) is 0.463. The summed E-state index contributed by atoms with van der Waals surface area (Å²) in [5.41, 5.74) is -0.418. The monoisotopic (exact) mass is 309 g/mol. The zero-order valence-corrected chi connectivity index (χ0v) is 12.0. The van der Waals surface area contributed by atoms with E-state index in [1.54, 1.807) is 0 Å². The maximum atomic E-state index is 13.5. The standard InChI is InChI=1S/C12H14ClF2NO2S/c1-12(2)10(13)6-11(12)16-19(17,18)9-5-7(14)3-4-8(9)15/h3-5,10-11,16H,6H2,1-2H3. The first kappa shape index (κ1) is 14.7. The average molecular weight is 310 g/mol. The van der Waals surface area contributed by atoms with Gasteiger partial charge in [-0.1, -0.05) is 13.8 Å². The van der Waals surface area contributed by atoms with Crippen LogP contribution in [0.1, 0.15) is 20.3 Å². The first-order valence-electron chi connectivity index (χ1n) is 5.76. The molecule has 1 aliphatic rings. The Hall–Kier alpha value is -0.720. The van der Waals surface area contributed by atoms with Crippen molar-refractivity contribution in [2.45, 2.75) is 36.6 Å². The smallest absolute Gasteiger partial charge is 0.207 e. The molecule has 2 rings (SSSR count). The molecule has 0 spiro atoms. The van der Waals surface area contributed by atoms with E-state index in [0.717, 1.165) is 12.1 Å². The van der Waals surface area contributed by atoms with Crippen molar-refractivity contribution in [3.05, 3.63) is 29.8 Å². The molecule has 0 aliphatic heterocycles. The summed E-state index contributed by atoms with van der Waals surface area (Å²) in [7, 11) is -4.09. The highest BCUT2D eigenvalue weighted by Gasteiger charge is 2.49. The number of benzene rings is 1. The number of alkyl halides is 1. The predicted octanol–water partition coefficient (Wildman–Crippen LogP) is 2.65. The van der Waals surface area contributed by atoms with Gasteiger partial charge in [0, 0.05) is 11.4 Å². The summed E-state index contributed by atoms with van der Waals surface area (Å²) in [4.78, 5) is -0.679. The van der Waals surface area contributed by atoms with E-state index in [1.165, 1.54) is 0 Å².